The van der Waals surface area contributed by atoms with Gasteiger partial charge >= 0.3 is 0 Å². The standard InChI is InChI=1S/C12H10N6/c1-7-6-9-8(4-3-5-14-9)10-11(7)18(2)12(15-10)16-17-13/h3-6H,1-2H3/i2D3. The lowest BCUT2D eigenvalue weighted by Gasteiger charge is -2.03. The first-order valence-electron chi connectivity index (χ1n) is 6.76. The van der Waals surface area contributed by atoms with Crippen LogP contribution in [0.4, 0.5) is 5.95 Å². The maximum Gasteiger partial charge on any atom is 0.197 e. The lowest BCUT2D eigenvalue weighted by molar-refractivity contribution is 0.936. The van der Waals surface area contributed by atoms with Crippen molar-refractivity contribution in [2.75, 3.05) is 0 Å². The Morgan fingerprint density at radius 3 is 3.22 bits per heavy atom. The third-order valence-electron chi connectivity index (χ3n) is 2.81. The first kappa shape index (κ1) is 7.68. The van der Waals surface area contributed by atoms with E-state index in [0.29, 0.717) is 22.1 Å². The van der Waals surface area contributed by atoms with Crippen LogP contribution in [-0.2, 0) is 6.98 Å². The molecule has 88 valence electrons. The first-order chi connectivity index (χ1) is 9.93. The van der Waals surface area contributed by atoms with Gasteiger partial charge in [-0.15, -0.1) is 0 Å². The van der Waals surface area contributed by atoms with E-state index >= 15 is 0 Å². The highest BCUT2D eigenvalue weighted by atomic mass is 15.3. The van der Waals surface area contributed by atoms with E-state index in [1.165, 1.54) is 0 Å². The number of hydrogen-bond donors (Lipinski definition) is 0. The molecule has 0 radical (unpaired) electrons. The van der Waals surface area contributed by atoms with Gasteiger partial charge in [0.2, 0.25) is 0 Å². The van der Waals surface area contributed by atoms with Gasteiger partial charge in [0.05, 0.1) is 16.6 Å². The fourth-order valence-corrected chi connectivity index (χ4v) is 2.07. The topological polar surface area (TPSA) is 79.5 Å². The average Bonchev–Trinajstić information content (AvgIpc) is 2.79. The molecule has 0 bridgehead atoms. The van der Waals surface area contributed by atoms with Crippen LogP contribution in [0, 0.1) is 6.92 Å². The van der Waals surface area contributed by atoms with E-state index < -0.39 is 6.98 Å². The molecule has 2 heterocycles. The molecule has 18 heavy (non-hydrogen) atoms. The number of nitrogens with zero attached hydrogens (tertiary/aromatic N) is 6. The molecule has 2 aromatic heterocycles. The number of aryl methyl sites for hydroxylation is 2. The van der Waals surface area contributed by atoms with Gasteiger partial charge in [-0.1, -0.05) is 0 Å². The number of fused-ring (bicyclic) bond motifs is 3. The SMILES string of the molecule is [2H]C([2H])([2H])n1c(N=[N+]=[N-])nc2c3cccnc3cc(C)c21. The van der Waals surface area contributed by atoms with Crippen LogP contribution in [0.3, 0.4) is 0 Å². The van der Waals surface area contributed by atoms with Crippen LogP contribution in [0.1, 0.15) is 9.68 Å². The van der Waals surface area contributed by atoms with Crippen LogP contribution in [0.5, 0.6) is 0 Å². The van der Waals surface area contributed by atoms with E-state index in [4.69, 9.17) is 9.64 Å². The number of rotatable bonds is 1. The molecule has 0 fully saturated rings. The van der Waals surface area contributed by atoms with Crippen LogP contribution in [0.25, 0.3) is 32.4 Å². The van der Waals surface area contributed by atoms with Gasteiger partial charge in [-0.3, -0.25) is 4.98 Å². The number of aromatic nitrogens is 3. The Morgan fingerprint density at radius 2 is 2.44 bits per heavy atom. The van der Waals surface area contributed by atoms with Crippen molar-refractivity contribution in [2.45, 2.75) is 6.92 Å². The molecule has 0 saturated carbocycles. The van der Waals surface area contributed by atoms with Crippen molar-refractivity contribution in [1.29, 1.82) is 0 Å². The third-order valence-corrected chi connectivity index (χ3v) is 2.81. The van der Waals surface area contributed by atoms with Crippen LogP contribution in [0.2, 0.25) is 0 Å². The molecule has 3 aromatic rings. The largest absolute Gasteiger partial charge is 0.325 e. The van der Waals surface area contributed by atoms with Crippen LogP contribution in [0.15, 0.2) is 29.5 Å². The second-order valence-electron chi connectivity index (χ2n) is 3.90. The average molecular weight is 241 g/mol. The Kier molecular flexibility index (Phi) is 1.59. The van der Waals surface area contributed by atoms with Crippen molar-refractivity contribution in [2.24, 2.45) is 12.1 Å². The quantitative estimate of drug-likeness (QED) is 0.372. The van der Waals surface area contributed by atoms with Crippen LogP contribution >= 0.6 is 0 Å². The van der Waals surface area contributed by atoms with E-state index in [1.807, 2.05) is 0 Å². The molecule has 0 aliphatic heterocycles. The van der Waals surface area contributed by atoms with Gasteiger partial charge < -0.3 is 4.57 Å². The molecule has 0 aliphatic rings. The Bertz CT molecular complexity index is 905. The summed E-state index contributed by atoms with van der Waals surface area (Å²) in [6.45, 7) is -0.709. The lowest BCUT2D eigenvalue weighted by atomic mass is 10.1. The minimum Gasteiger partial charge on any atom is -0.325 e. The third kappa shape index (κ3) is 1.33. The predicted molar refractivity (Wildman–Crippen MR) is 69.6 cm³/mol. The molecular weight excluding hydrogens is 228 g/mol. The van der Waals surface area contributed by atoms with Crippen LogP contribution in [-0.4, -0.2) is 14.5 Å². The fraction of sp³-hybridized carbons (Fsp3) is 0.167. The highest BCUT2D eigenvalue weighted by molar-refractivity contribution is 6.04. The Labute approximate surface area is 107 Å². The molecule has 6 nitrogen and oxygen atoms in total. The molecule has 0 atom stereocenters. The van der Waals surface area contributed by atoms with Crippen molar-refractivity contribution in [3.8, 4) is 0 Å². The van der Waals surface area contributed by atoms with E-state index in [1.54, 1.807) is 31.3 Å². The van der Waals surface area contributed by atoms with Gasteiger partial charge in [0.1, 0.15) is 0 Å². The van der Waals surface area contributed by atoms with Crippen molar-refractivity contribution < 1.29 is 4.11 Å². The highest BCUT2D eigenvalue weighted by Crippen LogP contribution is 2.29. The predicted octanol–water partition coefficient (Wildman–Crippen LogP) is 3.37. The van der Waals surface area contributed by atoms with Gasteiger partial charge in [-0.2, -0.15) is 0 Å². The maximum atomic E-state index is 8.63. The monoisotopic (exact) mass is 241 g/mol. The van der Waals surface area contributed by atoms with Crippen molar-refractivity contribution in [1.82, 2.24) is 14.5 Å². The van der Waals surface area contributed by atoms with Gasteiger partial charge in [0.25, 0.3) is 0 Å². The Morgan fingerprint density at radius 1 is 1.56 bits per heavy atom. The fourth-order valence-electron chi connectivity index (χ4n) is 2.07. The molecule has 6 heteroatoms. The Balaban J connectivity index is 2.58. The summed E-state index contributed by atoms with van der Waals surface area (Å²) in [4.78, 5) is 11.1. The van der Waals surface area contributed by atoms with Crippen molar-refractivity contribution >= 4 is 27.9 Å². The summed E-state index contributed by atoms with van der Waals surface area (Å²) < 4.78 is 23.9. The normalized spacial score (nSPS) is 13.9. The second kappa shape index (κ2) is 3.72. The Hall–Kier alpha value is -2.59. The van der Waals surface area contributed by atoms with E-state index in [0.717, 1.165) is 9.95 Å². The van der Waals surface area contributed by atoms with Gasteiger partial charge in [-0.05, 0) is 41.3 Å². The van der Waals surface area contributed by atoms with E-state index in [-0.39, 0.29) is 5.95 Å². The summed E-state index contributed by atoms with van der Waals surface area (Å²) in [7, 11) is 0. The second-order valence-corrected chi connectivity index (χ2v) is 3.90. The molecule has 0 saturated heterocycles. The first-order valence-corrected chi connectivity index (χ1v) is 5.26. The summed E-state index contributed by atoms with van der Waals surface area (Å²) in [5, 5.41) is 4.13. The molecule has 1 aromatic carbocycles. The molecule has 0 amide bonds. The molecular formula is C12H10N6. The van der Waals surface area contributed by atoms with Crippen molar-refractivity contribution in [3.63, 3.8) is 0 Å². The van der Waals surface area contributed by atoms with Gasteiger partial charge in [0.15, 0.2) is 5.95 Å². The number of hydrogen-bond acceptors (Lipinski definition) is 3. The molecule has 3 rings (SSSR count). The van der Waals surface area contributed by atoms with Crippen LogP contribution < -0.4 is 0 Å². The smallest absolute Gasteiger partial charge is 0.197 e. The minimum atomic E-state index is -2.49. The van der Waals surface area contributed by atoms with Gasteiger partial charge in [0, 0.05) is 27.6 Å². The van der Waals surface area contributed by atoms with Gasteiger partial charge in [-0.25, -0.2) is 4.98 Å². The maximum absolute atomic E-state index is 8.63. The zero-order valence-corrected chi connectivity index (χ0v) is 9.49. The molecule has 0 spiro atoms. The lowest BCUT2D eigenvalue weighted by Crippen LogP contribution is -1.90. The summed E-state index contributed by atoms with van der Waals surface area (Å²) >= 11 is 0. The molecule has 0 aliphatic carbocycles. The summed E-state index contributed by atoms with van der Waals surface area (Å²) in [6.07, 6.45) is 1.66. The number of imidazole rings is 1. The summed E-state index contributed by atoms with van der Waals surface area (Å²) in [5.74, 6) is -0.174. The van der Waals surface area contributed by atoms with E-state index in [9.17, 15) is 0 Å². The summed E-state index contributed by atoms with van der Waals surface area (Å²) in [6, 6.07) is 5.35. The number of pyridine rings is 1. The number of azide groups is 1. The van der Waals surface area contributed by atoms with Crippen molar-refractivity contribution in [3.05, 3.63) is 40.4 Å². The molecule has 0 N–H and O–H groups in total. The molecule has 0 unspecified atom stereocenters. The zero-order chi connectivity index (χ0) is 15.2. The zero-order valence-electron chi connectivity index (χ0n) is 12.5. The minimum absolute atomic E-state index is 0.174. The summed E-state index contributed by atoms with van der Waals surface area (Å²) in [5.41, 5.74) is 10.9. The highest BCUT2D eigenvalue weighted by Gasteiger charge is 2.12. The number of benzene rings is 1. The van der Waals surface area contributed by atoms with E-state index in [2.05, 4.69) is 20.0 Å².